The van der Waals surface area contributed by atoms with Gasteiger partial charge in [-0.25, -0.2) is 4.79 Å². The minimum atomic E-state index is -0.142. The highest BCUT2D eigenvalue weighted by Gasteiger charge is 2.18. The van der Waals surface area contributed by atoms with Crippen LogP contribution in [0.5, 0.6) is 0 Å². The van der Waals surface area contributed by atoms with Crippen molar-refractivity contribution in [1.82, 2.24) is 5.32 Å². The van der Waals surface area contributed by atoms with Gasteiger partial charge in [0, 0.05) is 23.8 Å². The Kier molecular flexibility index (Phi) is 3.58. The van der Waals surface area contributed by atoms with Crippen LogP contribution in [0.1, 0.15) is 37.7 Å². The Morgan fingerprint density at radius 1 is 1.20 bits per heavy atom. The Hall–Kier alpha value is -2.04. The Morgan fingerprint density at radius 2 is 2.00 bits per heavy atom. The fourth-order valence-electron chi connectivity index (χ4n) is 2.88. The van der Waals surface area contributed by atoms with Gasteiger partial charge in [0.25, 0.3) is 0 Å². The maximum atomic E-state index is 11.9. The van der Waals surface area contributed by atoms with E-state index in [2.05, 4.69) is 16.0 Å². The molecule has 5 nitrogen and oxygen atoms in total. The molecule has 3 amide bonds. The van der Waals surface area contributed by atoms with Crippen molar-refractivity contribution in [3.63, 3.8) is 0 Å². The smallest absolute Gasteiger partial charge is 0.319 e. The molecule has 1 saturated carbocycles. The number of fused-ring (bicyclic) bond motifs is 1. The van der Waals surface area contributed by atoms with Crippen LogP contribution in [0.2, 0.25) is 0 Å². The molecular weight excluding hydrogens is 254 g/mol. The molecule has 0 unspecified atom stereocenters. The fourth-order valence-corrected chi connectivity index (χ4v) is 2.88. The zero-order chi connectivity index (χ0) is 13.9. The Bertz CT molecular complexity index is 536. The van der Waals surface area contributed by atoms with Crippen LogP contribution in [0.15, 0.2) is 18.2 Å². The molecule has 0 aromatic heterocycles. The second-order valence-corrected chi connectivity index (χ2v) is 5.50. The third-order valence-corrected chi connectivity index (χ3v) is 3.95. The number of rotatable bonds is 2. The predicted molar refractivity (Wildman–Crippen MR) is 77.8 cm³/mol. The number of amides is 3. The molecule has 3 N–H and O–H groups in total. The summed E-state index contributed by atoms with van der Waals surface area (Å²) in [5.74, 6) is 0.0529. The van der Waals surface area contributed by atoms with E-state index in [0.717, 1.165) is 36.2 Å². The number of anilines is 2. The Morgan fingerprint density at radius 3 is 2.80 bits per heavy atom. The van der Waals surface area contributed by atoms with Gasteiger partial charge < -0.3 is 16.0 Å². The summed E-state index contributed by atoms with van der Waals surface area (Å²) in [6, 6.07) is 5.77. The van der Waals surface area contributed by atoms with Crippen molar-refractivity contribution in [2.75, 3.05) is 10.6 Å². The summed E-state index contributed by atoms with van der Waals surface area (Å²) in [6.07, 6.45) is 5.77. The van der Waals surface area contributed by atoms with Crippen LogP contribution >= 0.6 is 0 Å². The fraction of sp³-hybridized carbons (Fsp3) is 0.467. The van der Waals surface area contributed by atoms with Gasteiger partial charge >= 0.3 is 6.03 Å². The van der Waals surface area contributed by atoms with E-state index in [1.54, 1.807) is 0 Å². The van der Waals surface area contributed by atoms with E-state index in [-0.39, 0.29) is 11.9 Å². The first-order valence-electron chi connectivity index (χ1n) is 7.21. The lowest BCUT2D eigenvalue weighted by Crippen LogP contribution is -2.36. The minimum absolute atomic E-state index is 0.0529. The molecule has 0 saturated heterocycles. The molecule has 1 aliphatic carbocycles. The maximum absolute atomic E-state index is 11.9. The molecule has 2 aliphatic rings. The third kappa shape index (κ3) is 2.92. The lowest BCUT2D eigenvalue weighted by atomic mass is 10.0. The molecule has 0 bridgehead atoms. The van der Waals surface area contributed by atoms with Gasteiger partial charge in [-0.2, -0.15) is 0 Å². The number of carbonyl (C=O) groups is 2. The quantitative estimate of drug-likeness (QED) is 0.775. The number of carbonyl (C=O) groups excluding carboxylic acids is 2. The Labute approximate surface area is 118 Å². The highest BCUT2D eigenvalue weighted by Crippen LogP contribution is 2.25. The van der Waals surface area contributed by atoms with Crippen LogP contribution < -0.4 is 16.0 Å². The molecule has 1 aliphatic heterocycles. The number of hydrogen-bond acceptors (Lipinski definition) is 2. The van der Waals surface area contributed by atoms with Crippen LogP contribution in [-0.2, 0) is 11.2 Å². The van der Waals surface area contributed by atoms with E-state index in [1.807, 2.05) is 18.2 Å². The van der Waals surface area contributed by atoms with Crippen molar-refractivity contribution in [3.8, 4) is 0 Å². The highest BCUT2D eigenvalue weighted by molar-refractivity contribution is 5.95. The van der Waals surface area contributed by atoms with Crippen LogP contribution in [-0.4, -0.2) is 18.0 Å². The summed E-state index contributed by atoms with van der Waals surface area (Å²) < 4.78 is 0. The zero-order valence-corrected chi connectivity index (χ0v) is 11.4. The van der Waals surface area contributed by atoms with Gasteiger partial charge in [-0.05, 0) is 43.0 Å². The number of urea groups is 1. The molecule has 106 valence electrons. The molecule has 20 heavy (non-hydrogen) atoms. The van der Waals surface area contributed by atoms with Gasteiger partial charge in [0.1, 0.15) is 0 Å². The molecule has 1 fully saturated rings. The van der Waals surface area contributed by atoms with Gasteiger partial charge in [0.05, 0.1) is 0 Å². The minimum Gasteiger partial charge on any atom is -0.335 e. The van der Waals surface area contributed by atoms with Crippen molar-refractivity contribution < 1.29 is 9.59 Å². The Balaban J connectivity index is 1.62. The summed E-state index contributed by atoms with van der Waals surface area (Å²) in [7, 11) is 0. The molecule has 0 spiro atoms. The number of hydrogen-bond donors (Lipinski definition) is 3. The van der Waals surface area contributed by atoms with Gasteiger partial charge in [-0.3, -0.25) is 4.79 Å². The number of aryl methyl sites for hydroxylation is 1. The lowest BCUT2D eigenvalue weighted by molar-refractivity contribution is -0.116. The van der Waals surface area contributed by atoms with E-state index >= 15 is 0 Å². The zero-order valence-electron chi connectivity index (χ0n) is 11.4. The largest absolute Gasteiger partial charge is 0.335 e. The van der Waals surface area contributed by atoms with E-state index in [4.69, 9.17) is 0 Å². The summed E-state index contributed by atoms with van der Waals surface area (Å²) in [5, 5.41) is 8.69. The van der Waals surface area contributed by atoms with Gasteiger partial charge in [-0.1, -0.05) is 12.8 Å². The van der Waals surface area contributed by atoms with Crippen LogP contribution in [0.3, 0.4) is 0 Å². The first-order valence-corrected chi connectivity index (χ1v) is 7.21. The van der Waals surface area contributed by atoms with Crippen molar-refractivity contribution in [2.45, 2.75) is 44.6 Å². The molecule has 5 heteroatoms. The number of benzene rings is 1. The van der Waals surface area contributed by atoms with E-state index in [1.165, 1.54) is 12.8 Å². The van der Waals surface area contributed by atoms with E-state index < -0.39 is 0 Å². The monoisotopic (exact) mass is 273 g/mol. The second kappa shape index (κ2) is 5.53. The van der Waals surface area contributed by atoms with E-state index in [9.17, 15) is 9.59 Å². The highest BCUT2D eigenvalue weighted by atomic mass is 16.2. The summed E-state index contributed by atoms with van der Waals surface area (Å²) in [6.45, 7) is 0. The predicted octanol–water partition coefficient (Wildman–Crippen LogP) is 2.64. The topological polar surface area (TPSA) is 70.2 Å². The van der Waals surface area contributed by atoms with Crippen LogP contribution in [0, 0.1) is 0 Å². The van der Waals surface area contributed by atoms with E-state index in [0.29, 0.717) is 12.5 Å². The SMILES string of the molecule is O=C1CCc2cc(NC(=O)NC3CCCC3)ccc2N1. The third-order valence-electron chi connectivity index (χ3n) is 3.95. The summed E-state index contributed by atoms with van der Waals surface area (Å²) in [5.41, 5.74) is 2.70. The first-order chi connectivity index (χ1) is 9.70. The lowest BCUT2D eigenvalue weighted by Gasteiger charge is -2.18. The molecular formula is C15H19N3O2. The molecule has 0 atom stereocenters. The second-order valence-electron chi connectivity index (χ2n) is 5.50. The van der Waals surface area contributed by atoms with Crippen LogP contribution in [0.4, 0.5) is 16.2 Å². The van der Waals surface area contributed by atoms with Crippen LogP contribution in [0.25, 0.3) is 0 Å². The van der Waals surface area contributed by atoms with Crippen molar-refractivity contribution in [2.24, 2.45) is 0 Å². The molecule has 0 radical (unpaired) electrons. The summed E-state index contributed by atoms with van der Waals surface area (Å²) >= 11 is 0. The maximum Gasteiger partial charge on any atom is 0.319 e. The summed E-state index contributed by atoms with van der Waals surface area (Å²) in [4.78, 5) is 23.2. The van der Waals surface area contributed by atoms with Gasteiger partial charge in [0.2, 0.25) is 5.91 Å². The normalized spacial score (nSPS) is 18.3. The molecule has 1 heterocycles. The van der Waals surface area contributed by atoms with Gasteiger partial charge in [-0.15, -0.1) is 0 Å². The average molecular weight is 273 g/mol. The van der Waals surface area contributed by atoms with Gasteiger partial charge in [0.15, 0.2) is 0 Å². The standard InChI is InChI=1S/C15H19N3O2/c19-14-8-5-10-9-12(6-7-13(10)18-14)17-15(20)16-11-3-1-2-4-11/h6-7,9,11H,1-5,8H2,(H,18,19)(H2,16,17,20). The molecule has 3 rings (SSSR count). The molecule has 1 aromatic rings. The first kappa shape index (κ1) is 13.0. The van der Waals surface area contributed by atoms with Crippen molar-refractivity contribution in [1.29, 1.82) is 0 Å². The average Bonchev–Trinajstić information content (AvgIpc) is 2.91. The molecule has 1 aromatic carbocycles. The number of nitrogens with one attached hydrogen (secondary N) is 3. The van der Waals surface area contributed by atoms with Crippen molar-refractivity contribution >= 4 is 23.3 Å². The van der Waals surface area contributed by atoms with Crippen molar-refractivity contribution in [3.05, 3.63) is 23.8 Å².